The SMILES string of the molecule is COc1cc(C(=O)NC[C@@H]2CCCO2)ccc1OC(F)F. The molecule has 0 radical (unpaired) electrons. The second kappa shape index (κ2) is 7.21. The van der Waals surface area contributed by atoms with Crippen molar-refractivity contribution >= 4 is 5.91 Å². The molecule has 0 aliphatic carbocycles. The van der Waals surface area contributed by atoms with E-state index in [1.807, 2.05) is 0 Å². The fourth-order valence-corrected chi connectivity index (χ4v) is 2.12. The molecule has 0 bridgehead atoms. The lowest BCUT2D eigenvalue weighted by Gasteiger charge is -2.13. The molecule has 1 aliphatic rings. The van der Waals surface area contributed by atoms with E-state index >= 15 is 0 Å². The molecule has 5 nitrogen and oxygen atoms in total. The Balaban J connectivity index is 1.99. The minimum atomic E-state index is -2.95. The molecule has 1 aliphatic heterocycles. The summed E-state index contributed by atoms with van der Waals surface area (Å²) in [6.07, 6.45) is 1.95. The third-order valence-electron chi connectivity index (χ3n) is 3.16. The molecule has 1 saturated heterocycles. The molecule has 7 heteroatoms. The summed E-state index contributed by atoms with van der Waals surface area (Å²) in [5.41, 5.74) is 0.312. The number of ether oxygens (including phenoxy) is 3. The van der Waals surface area contributed by atoms with Gasteiger partial charge in [-0.05, 0) is 31.0 Å². The molecule has 116 valence electrons. The molecule has 1 aromatic carbocycles. The molecule has 21 heavy (non-hydrogen) atoms. The third kappa shape index (κ3) is 4.29. The number of hydrogen-bond donors (Lipinski definition) is 1. The quantitative estimate of drug-likeness (QED) is 0.875. The topological polar surface area (TPSA) is 56.8 Å². The highest BCUT2D eigenvalue weighted by atomic mass is 19.3. The first-order valence-electron chi connectivity index (χ1n) is 6.63. The molecular weight excluding hydrogens is 284 g/mol. The van der Waals surface area contributed by atoms with E-state index in [0.29, 0.717) is 18.7 Å². The van der Waals surface area contributed by atoms with Crippen LogP contribution in [0.1, 0.15) is 23.2 Å². The Morgan fingerprint density at radius 1 is 1.48 bits per heavy atom. The van der Waals surface area contributed by atoms with E-state index < -0.39 is 6.61 Å². The van der Waals surface area contributed by atoms with Crippen molar-refractivity contribution in [3.8, 4) is 11.5 Å². The van der Waals surface area contributed by atoms with Crippen LogP contribution in [0.25, 0.3) is 0 Å². The van der Waals surface area contributed by atoms with Crippen molar-refractivity contribution < 1.29 is 27.8 Å². The van der Waals surface area contributed by atoms with E-state index in [1.54, 1.807) is 0 Å². The van der Waals surface area contributed by atoms with Crippen molar-refractivity contribution in [2.24, 2.45) is 0 Å². The summed E-state index contributed by atoms with van der Waals surface area (Å²) in [4.78, 5) is 12.0. The third-order valence-corrected chi connectivity index (χ3v) is 3.16. The molecule has 2 rings (SSSR count). The normalized spacial score (nSPS) is 17.8. The van der Waals surface area contributed by atoms with E-state index in [9.17, 15) is 13.6 Å². The number of rotatable bonds is 6. The second-order valence-electron chi connectivity index (χ2n) is 4.59. The number of halogens is 2. The molecular formula is C14H17F2NO4. The summed E-state index contributed by atoms with van der Waals surface area (Å²) in [6, 6.07) is 4.06. The Morgan fingerprint density at radius 2 is 2.29 bits per heavy atom. The van der Waals surface area contributed by atoms with Crippen LogP contribution >= 0.6 is 0 Å². The fourth-order valence-electron chi connectivity index (χ4n) is 2.12. The second-order valence-corrected chi connectivity index (χ2v) is 4.59. The maximum atomic E-state index is 12.2. The van der Waals surface area contributed by atoms with Gasteiger partial charge in [0.2, 0.25) is 0 Å². The predicted molar refractivity (Wildman–Crippen MR) is 70.9 cm³/mol. The molecule has 1 N–H and O–H groups in total. The average Bonchev–Trinajstić information content (AvgIpc) is 2.98. The monoisotopic (exact) mass is 301 g/mol. The summed E-state index contributed by atoms with van der Waals surface area (Å²) < 4.78 is 39.1. The Hall–Kier alpha value is -1.89. The highest BCUT2D eigenvalue weighted by Crippen LogP contribution is 2.29. The van der Waals surface area contributed by atoms with Crippen LogP contribution in [-0.2, 0) is 4.74 Å². The van der Waals surface area contributed by atoms with Gasteiger partial charge in [0.05, 0.1) is 13.2 Å². The van der Waals surface area contributed by atoms with Crippen LogP contribution in [-0.4, -0.2) is 38.9 Å². The van der Waals surface area contributed by atoms with E-state index in [2.05, 4.69) is 10.1 Å². The average molecular weight is 301 g/mol. The van der Waals surface area contributed by atoms with Crippen molar-refractivity contribution in [3.05, 3.63) is 23.8 Å². The number of hydrogen-bond acceptors (Lipinski definition) is 4. The Bertz CT molecular complexity index is 490. The maximum Gasteiger partial charge on any atom is 0.387 e. The van der Waals surface area contributed by atoms with Gasteiger partial charge in [0.25, 0.3) is 5.91 Å². The Morgan fingerprint density at radius 3 is 2.90 bits per heavy atom. The maximum absolute atomic E-state index is 12.2. The summed E-state index contributed by atoms with van der Waals surface area (Å²) in [6.45, 7) is -1.80. The van der Waals surface area contributed by atoms with Gasteiger partial charge < -0.3 is 19.5 Å². The van der Waals surface area contributed by atoms with Gasteiger partial charge in [0.15, 0.2) is 11.5 Å². The van der Waals surface area contributed by atoms with Gasteiger partial charge in [-0.3, -0.25) is 4.79 Å². The highest BCUT2D eigenvalue weighted by molar-refractivity contribution is 5.94. The molecule has 0 spiro atoms. The van der Waals surface area contributed by atoms with Gasteiger partial charge in [0, 0.05) is 18.7 Å². The van der Waals surface area contributed by atoms with Crippen molar-refractivity contribution in [2.45, 2.75) is 25.6 Å². The van der Waals surface area contributed by atoms with Crippen molar-refractivity contribution in [1.29, 1.82) is 0 Å². The van der Waals surface area contributed by atoms with Crippen LogP contribution in [0.5, 0.6) is 11.5 Å². The van der Waals surface area contributed by atoms with Crippen LogP contribution in [0.15, 0.2) is 18.2 Å². The van der Waals surface area contributed by atoms with Crippen molar-refractivity contribution in [1.82, 2.24) is 5.32 Å². The lowest BCUT2D eigenvalue weighted by Crippen LogP contribution is -2.31. The van der Waals surface area contributed by atoms with Crippen LogP contribution in [0, 0.1) is 0 Å². The summed E-state index contributed by atoms with van der Waals surface area (Å²) >= 11 is 0. The summed E-state index contributed by atoms with van der Waals surface area (Å²) in [7, 11) is 1.32. The Labute approximate surface area is 121 Å². The van der Waals surface area contributed by atoms with E-state index in [-0.39, 0.29) is 23.5 Å². The fraction of sp³-hybridized carbons (Fsp3) is 0.500. The van der Waals surface area contributed by atoms with Crippen molar-refractivity contribution in [3.63, 3.8) is 0 Å². The number of nitrogens with one attached hydrogen (secondary N) is 1. The molecule has 1 heterocycles. The lowest BCUT2D eigenvalue weighted by atomic mass is 10.1. The molecule has 1 amide bonds. The van der Waals surface area contributed by atoms with E-state index in [0.717, 1.165) is 12.8 Å². The van der Waals surface area contributed by atoms with Gasteiger partial charge >= 0.3 is 6.61 Å². The van der Waals surface area contributed by atoms with Gasteiger partial charge in [-0.1, -0.05) is 0 Å². The molecule has 0 aromatic heterocycles. The zero-order valence-electron chi connectivity index (χ0n) is 11.6. The lowest BCUT2D eigenvalue weighted by molar-refractivity contribution is -0.0512. The largest absolute Gasteiger partial charge is 0.493 e. The van der Waals surface area contributed by atoms with Gasteiger partial charge in [-0.15, -0.1) is 0 Å². The summed E-state index contributed by atoms with van der Waals surface area (Å²) in [5, 5.41) is 2.74. The van der Waals surface area contributed by atoms with E-state index in [4.69, 9.17) is 9.47 Å². The number of amides is 1. The summed E-state index contributed by atoms with van der Waals surface area (Å²) in [5.74, 6) is -0.337. The molecule has 1 aromatic rings. The Kier molecular flexibility index (Phi) is 5.32. The van der Waals surface area contributed by atoms with Crippen LogP contribution in [0.3, 0.4) is 0 Å². The van der Waals surface area contributed by atoms with Gasteiger partial charge in [-0.25, -0.2) is 0 Å². The van der Waals surface area contributed by atoms with Gasteiger partial charge in [0.1, 0.15) is 0 Å². The number of benzene rings is 1. The standard InChI is InChI=1S/C14H17F2NO4/c1-19-12-7-9(4-5-11(12)21-14(15)16)13(18)17-8-10-3-2-6-20-10/h4-5,7,10,14H,2-3,6,8H2,1H3,(H,17,18)/t10-/m0/s1. The highest BCUT2D eigenvalue weighted by Gasteiger charge is 2.18. The smallest absolute Gasteiger partial charge is 0.387 e. The number of methoxy groups -OCH3 is 1. The van der Waals surface area contributed by atoms with Crippen LogP contribution in [0.4, 0.5) is 8.78 Å². The first-order chi connectivity index (χ1) is 10.1. The van der Waals surface area contributed by atoms with E-state index in [1.165, 1.54) is 25.3 Å². The minimum absolute atomic E-state index is 0.0392. The van der Waals surface area contributed by atoms with Crippen LogP contribution in [0.2, 0.25) is 0 Å². The van der Waals surface area contributed by atoms with Crippen molar-refractivity contribution in [2.75, 3.05) is 20.3 Å². The first kappa shape index (κ1) is 15.5. The van der Waals surface area contributed by atoms with Crippen LogP contribution < -0.4 is 14.8 Å². The number of carbonyl (C=O) groups is 1. The first-order valence-corrected chi connectivity index (χ1v) is 6.63. The zero-order chi connectivity index (χ0) is 15.2. The minimum Gasteiger partial charge on any atom is -0.493 e. The molecule has 0 saturated carbocycles. The molecule has 1 atom stereocenters. The predicted octanol–water partition coefficient (Wildman–Crippen LogP) is 2.21. The molecule has 1 fully saturated rings. The zero-order valence-corrected chi connectivity index (χ0v) is 11.6. The van der Waals surface area contributed by atoms with Gasteiger partial charge in [-0.2, -0.15) is 8.78 Å². The number of alkyl halides is 2. The number of carbonyl (C=O) groups excluding carboxylic acids is 1. The molecule has 0 unspecified atom stereocenters.